The first-order chi connectivity index (χ1) is 8.06. The fraction of sp³-hybridized carbons (Fsp3) is 0.417. The fourth-order valence-electron chi connectivity index (χ4n) is 1.45. The molecular formula is C12H17N3O2. The second-order valence-electron chi connectivity index (χ2n) is 3.98. The monoisotopic (exact) mass is 235 g/mol. The molecule has 2 atom stereocenters. The summed E-state index contributed by atoms with van der Waals surface area (Å²) in [5.41, 5.74) is 5.69. The molecule has 17 heavy (non-hydrogen) atoms. The molecule has 0 unspecified atom stereocenters. The van der Waals surface area contributed by atoms with Crippen LogP contribution < -0.4 is 11.1 Å². The molecular weight excluding hydrogens is 218 g/mol. The van der Waals surface area contributed by atoms with Crippen molar-refractivity contribution in [3.8, 4) is 0 Å². The van der Waals surface area contributed by atoms with Gasteiger partial charge < -0.3 is 11.1 Å². The summed E-state index contributed by atoms with van der Waals surface area (Å²) in [6, 6.07) is 2.65. The molecule has 0 fully saturated rings. The van der Waals surface area contributed by atoms with Gasteiger partial charge in [-0.2, -0.15) is 0 Å². The van der Waals surface area contributed by atoms with Crippen LogP contribution in [0.4, 0.5) is 0 Å². The maximum absolute atomic E-state index is 11.8. The number of hydrogen-bond acceptors (Lipinski definition) is 3. The van der Waals surface area contributed by atoms with Crippen LogP contribution in [-0.4, -0.2) is 22.8 Å². The zero-order valence-electron chi connectivity index (χ0n) is 10.0. The number of amides is 2. The Labute approximate surface area is 100 Å². The molecule has 1 aromatic rings. The molecule has 5 heteroatoms. The van der Waals surface area contributed by atoms with Crippen molar-refractivity contribution in [2.75, 3.05) is 0 Å². The Bertz CT molecular complexity index is 392. The van der Waals surface area contributed by atoms with Crippen LogP contribution in [0, 0.1) is 5.92 Å². The van der Waals surface area contributed by atoms with Crippen LogP contribution in [0.3, 0.4) is 0 Å². The van der Waals surface area contributed by atoms with Crippen LogP contribution in [0.15, 0.2) is 24.5 Å². The predicted octanol–water partition coefficient (Wildman–Crippen LogP) is 0.711. The first-order valence-corrected chi connectivity index (χ1v) is 5.56. The molecule has 1 heterocycles. The molecule has 2 amide bonds. The normalized spacial score (nSPS) is 13.8. The van der Waals surface area contributed by atoms with Crippen molar-refractivity contribution in [1.82, 2.24) is 10.3 Å². The largest absolute Gasteiger partial charge is 0.368 e. The Balaban J connectivity index is 2.75. The van der Waals surface area contributed by atoms with Crippen molar-refractivity contribution < 1.29 is 9.59 Å². The third-order valence-electron chi connectivity index (χ3n) is 2.73. The summed E-state index contributed by atoms with van der Waals surface area (Å²) in [5, 5.41) is 2.63. The number of primary amides is 1. The molecule has 0 bridgehead atoms. The molecule has 0 aliphatic rings. The molecule has 0 saturated carbocycles. The van der Waals surface area contributed by atoms with Gasteiger partial charge in [-0.1, -0.05) is 20.3 Å². The van der Waals surface area contributed by atoms with Crippen LogP contribution in [0.25, 0.3) is 0 Å². The van der Waals surface area contributed by atoms with Gasteiger partial charge in [0.25, 0.3) is 5.91 Å². The molecule has 0 spiro atoms. The van der Waals surface area contributed by atoms with Crippen molar-refractivity contribution in [3.63, 3.8) is 0 Å². The van der Waals surface area contributed by atoms with Crippen molar-refractivity contribution >= 4 is 11.8 Å². The lowest BCUT2D eigenvalue weighted by molar-refractivity contribution is -0.120. The van der Waals surface area contributed by atoms with E-state index in [4.69, 9.17) is 5.73 Å². The SMILES string of the molecule is CC[C@H](C)[C@@H](NC(=O)c1cccnc1)C(N)=O. The van der Waals surface area contributed by atoms with E-state index in [1.807, 2.05) is 13.8 Å². The zero-order chi connectivity index (χ0) is 12.8. The summed E-state index contributed by atoms with van der Waals surface area (Å²) in [6.45, 7) is 3.82. The molecule has 0 aromatic carbocycles. The van der Waals surface area contributed by atoms with Gasteiger partial charge in [-0.25, -0.2) is 0 Å². The quantitative estimate of drug-likeness (QED) is 0.788. The number of rotatable bonds is 5. The number of aromatic nitrogens is 1. The number of nitrogens with two attached hydrogens (primary N) is 1. The third-order valence-corrected chi connectivity index (χ3v) is 2.73. The fourth-order valence-corrected chi connectivity index (χ4v) is 1.45. The lowest BCUT2D eigenvalue weighted by Crippen LogP contribution is -2.48. The highest BCUT2D eigenvalue weighted by atomic mass is 16.2. The lowest BCUT2D eigenvalue weighted by atomic mass is 9.98. The summed E-state index contributed by atoms with van der Waals surface area (Å²) in [7, 11) is 0. The van der Waals surface area contributed by atoms with Crippen molar-refractivity contribution in [3.05, 3.63) is 30.1 Å². The van der Waals surface area contributed by atoms with Gasteiger partial charge >= 0.3 is 0 Å². The second kappa shape index (κ2) is 5.98. The molecule has 0 radical (unpaired) electrons. The smallest absolute Gasteiger partial charge is 0.253 e. The third kappa shape index (κ3) is 3.55. The highest BCUT2D eigenvalue weighted by Crippen LogP contribution is 2.08. The minimum atomic E-state index is -0.646. The van der Waals surface area contributed by atoms with E-state index in [1.54, 1.807) is 18.3 Å². The Morgan fingerprint density at radius 2 is 2.24 bits per heavy atom. The van der Waals surface area contributed by atoms with Crippen LogP contribution in [0.5, 0.6) is 0 Å². The van der Waals surface area contributed by atoms with Gasteiger partial charge in [-0.3, -0.25) is 14.6 Å². The Hall–Kier alpha value is -1.91. The Morgan fingerprint density at radius 3 is 2.71 bits per heavy atom. The van der Waals surface area contributed by atoms with Crippen LogP contribution >= 0.6 is 0 Å². The van der Waals surface area contributed by atoms with E-state index in [2.05, 4.69) is 10.3 Å². The van der Waals surface area contributed by atoms with Crippen LogP contribution in [-0.2, 0) is 4.79 Å². The standard InChI is InChI=1S/C12H17N3O2/c1-3-8(2)10(11(13)16)15-12(17)9-5-4-6-14-7-9/h4-8,10H,3H2,1-2H3,(H2,13,16)(H,15,17)/t8-,10+/m0/s1. The molecule has 0 aliphatic carbocycles. The molecule has 5 nitrogen and oxygen atoms in total. The maximum Gasteiger partial charge on any atom is 0.253 e. The van der Waals surface area contributed by atoms with Gasteiger partial charge in [0.2, 0.25) is 5.91 Å². The summed E-state index contributed by atoms with van der Waals surface area (Å²) in [5.74, 6) is -0.841. The molecule has 92 valence electrons. The minimum Gasteiger partial charge on any atom is -0.368 e. The maximum atomic E-state index is 11.8. The number of carbonyl (C=O) groups excluding carboxylic acids is 2. The van der Waals surface area contributed by atoms with E-state index in [1.165, 1.54) is 6.20 Å². The van der Waals surface area contributed by atoms with Crippen molar-refractivity contribution in [2.45, 2.75) is 26.3 Å². The van der Waals surface area contributed by atoms with Crippen LogP contribution in [0.2, 0.25) is 0 Å². The first-order valence-electron chi connectivity index (χ1n) is 5.56. The summed E-state index contributed by atoms with van der Waals surface area (Å²) >= 11 is 0. The molecule has 3 N–H and O–H groups in total. The number of pyridine rings is 1. The molecule has 1 rings (SSSR count). The average Bonchev–Trinajstić information content (AvgIpc) is 2.35. The average molecular weight is 235 g/mol. The van der Waals surface area contributed by atoms with E-state index in [0.717, 1.165) is 6.42 Å². The highest BCUT2D eigenvalue weighted by Gasteiger charge is 2.23. The second-order valence-corrected chi connectivity index (χ2v) is 3.98. The number of nitrogens with one attached hydrogen (secondary N) is 1. The number of hydrogen-bond donors (Lipinski definition) is 2. The molecule has 0 saturated heterocycles. The van der Waals surface area contributed by atoms with Gasteiger partial charge in [0.1, 0.15) is 6.04 Å². The van der Waals surface area contributed by atoms with E-state index >= 15 is 0 Å². The topological polar surface area (TPSA) is 85.1 Å². The summed E-state index contributed by atoms with van der Waals surface area (Å²) in [4.78, 5) is 26.9. The van der Waals surface area contributed by atoms with Gasteiger partial charge in [0.15, 0.2) is 0 Å². The van der Waals surface area contributed by atoms with Gasteiger partial charge in [0, 0.05) is 12.4 Å². The van der Waals surface area contributed by atoms with Crippen molar-refractivity contribution in [1.29, 1.82) is 0 Å². The zero-order valence-corrected chi connectivity index (χ0v) is 10.0. The highest BCUT2D eigenvalue weighted by molar-refractivity contribution is 5.97. The van der Waals surface area contributed by atoms with Gasteiger partial charge in [0.05, 0.1) is 5.56 Å². The van der Waals surface area contributed by atoms with E-state index in [0.29, 0.717) is 5.56 Å². The minimum absolute atomic E-state index is 0.00752. The van der Waals surface area contributed by atoms with E-state index in [9.17, 15) is 9.59 Å². The number of carbonyl (C=O) groups is 2. The van der Waals surface area contributed by atoms with Gasteiger partial charge in [-0.15, -0.1) is 0 Å². The first kappa shape index (κ1) is 13.2. The van der Waals surface area contributed by atoms with Gasteiger partial charge in [-0.05, 0) is 18.1 Å². The Morgan fingerprint density at radius 1 is 1.53 bits per heavy atom. The van der Waals surface area contributed by atoms with E-state index in [-0.39, 0.29) is 11.8 Å². The van der Waals surface area contributed by atoms with E-state index < -0.39 is 11.9 Å². The molecule has 0 aliphatic heterocycles. The summed E-state index contributed by atoms with van der Waals surface area (Å²) < 4.78 is 0. The van der Waals surface area contributed by atoms with Crippen LogP contribution in [0.1, 0.15) is 30.6 Å². The lowest BCUT2D eigenvalue weighted by Gasteiger charge is -2.20. The summed E-state index contributed by atoms with van der Waals surface area (Å²) in [6.07, 6.45) is 3.79. The predicted molar refractivity (Wildman–Crippen MR) is 64.1 cm³/mol. The Kier molecular flexibility index (Phi) is 4.63. The molecule has 1 aromatic heterocycles. The number of nitrogens with zero attached hydrogens (tertiary/aromatic N) is 1. The van der Waals surface area contributed by atoms with Crippen molar-refractivity contribution in [2.24, 2.45) is 11.7 Å².